The third-order valence-corrected chi connectivity index (χ3v) is 4.51. The van der Waals surface area contributed by atoms with Gasteiger partial charge in [0.25, 0.3) is 0 Å². The molecular weight excluding hydrogens is 349 g/mol. The third-order valence-electron chi connectivity index (χ3n) is 2.70. The number of ether oxygens (including phenoxy) is 1. The lowest BCUT2D eigenvalue weighted by Crippen LogP contribution is -1.98. The Morgan fingerprint density at radius 1 is 1.16 bits per heavy atom. The van der Waals surface area contributed by atoms with Crippen LogP contribution in [-0.2, 0) is 6.61 Å². The van der Waals surface area contributed by atoms with Crippen molar-refractivity contribution >= 4 is 39.1 Å². The van der Waals surface area contributed by atoms with Crippen LogP contribution in [0.3, 0.4) is 0 Å². The summed E-state index contributed by atoms with van der Waals surface area (Å²) in [6, 6.07) is 5.57. The highest BCUT2D eigenvalue weighted by atomic mass is 79.9. The summed E-state index contributed by atoms with van der Waals surface area (Å²) < 4.78 is 6.84. The maximum atomic E-state index is 6.07. The van der Waals surface area contributed by atoms with Crippen LogP contribution in [0, 0.1) is 13.8 Å². The third kappa shape index (κ3) is 3.62. The van der Waals surface area contributed by atoms with Gasteiger partial charge < -0.3 is 4.74 Å². The van der Waals surface area contributed by atoms with Gasteiger partial charge in [0.1, 0.15) is 17.5 Å². The van der Waals surface area contributed by atoms with Gasteiger partial charge in [-0.2, -0.15) is 0 Å². The summed E-state index contributed by atoms with van der Waals surface area (Å²) in [6.45, 7) is 4.42. The first-order valence-electron chi connectivity index (χ1n) is 5.67. The van der Waals surface area contributed by atoms with Crippen LogP contribution in [0.4, 0.5) is 0 Å². The lowest BCUT2D eigenvalue weighted by Gasteiger charge is -2.11. The fraction of sp³-hybridized carbons (Fsp3) is 0.214. The molecule has 0 radical (unpaired) electrons. The summed E-state index contributed by atoms with van der Waals surface area (Å²) >= 11 is 15.4. The van der Waals surface area contributed by atoms with Crippen molar-refractivity contribution in [1.29, 1.82) is 0 Å². The molecule has 0 saturated carbocycles. The molecule has 0 aliphatic heterocycles. The average molecular weight is 361 g/mol. The van der Waals surface area contributed by atoms with E-state index >= 15 is 0 Å². The Hall–Kier alpha value is -0.770. The smallest absolute Gasteiger partial charge is 0.130 e. The molecule has 2 nitrogen and oxygen atoms in total. The van der Waals surface area contributed by atoms with Crippen molar-refractivity contribution in [2.24, 2.45) is 0 Å². The Morgan fingerprint density at radius 3 is 2.37 bits per heavy atom. The Bertz CT molecular complexity index is 593. The maximum absolute atomic E-state index is 6.07. The number of aromatic nitrogens is 1. The summed E-state index contributed by atoms with van der Waals surface area (Å²) in [4.78, 5) is 3.99. The van der Waals surface area contributed by atoms with Gasteiger partial charge in [0.15, 0.2) is 0 Å². The topological polar surface area (TPSA) is 22.1 Å². The van der Waals surface area contributed by atoms with Crippen molar-refractivity contribution in [3.05, 3.63) is 55.7 Å². The quantitative estimate of drug-likeness (QED) is 0.688. The van der Waals surface area contributed by atoms with E-state index in [0.29, 0.717) is 16.8 Å². The molecular formula is C14H12BrCl2NO. The van der Waals surface area contributed by atoms with E-state index < -0.39 is 0 Å². The van der Waals surface area contributed by atoms with E-state index in [-0.39, 0.29) is 0 Å². The zero-order valence-corrected chi connectivity index (χ0v) is 13.6. The largest absolute Gasteiger partial charge is 0.489 e. The van der Waals surface area contributed by atoms with Gasteiger partial charge in [-0.25, -0.2) is 4.98 Å². The zero-order valence-electron chi connectivity index (χ0n) is 10.5. The number of hydrogen-bond acceptors (Lipinski definition) is 2. The zero-order chi connectivity index (χ0) is 14.0. The van der Waals surface area contributed by atoms with Gasteiger partial charge in [0.2, 0.25) is 0 Å². The summed E-state index contributed by atoms with van der Waals surface area (Å²) in [6.07, 6.45) is 1.63. The van der Waals surface area contributed by atoms with Gasteiger partial charge in [-0.1, -0.05) is 39.1 Å². The molecule has 2 rings (SSSR count). The second-order valence-electron chi connectivity index (χ2n) is 4.26. The van der Waals surface area contributed by atoms with Crippen LogP contribution in [-0.4, -0.2) is 4.98 Å². The molecule has 100 valence electrons. The number of halogens is 3. The molecule has 0 amide bonds. The van der Waals surface area contributed by atoms with Crippen molar-refractivity contribution in [3.8, 4) is 5.75 Å². The minimum Gasteiger partial charge on any atom is -0.489 e. The normalized spacial score (nSPS) is 10.6. The van der Waals surface area contributed by atoms with Crippen LogP contribution < -0.4 is 4.74 Å². The van der Waals surface area contributed by atoms with Gasteiger partial charge in [-0.05, 0) is 43.2 Å². The van der Waals surface area contributed by atoms with Gasteiger partial charge in [-0.3, -0.25) is 0 Å². The van der Waals surface area contributed by atoms with Crippen LogP contribution in [0.15, 0.2) is 28.9 Å². The number of pyridine rings is 1. The molecule has 19 heavy (non-hydrogen) atoms. The fourth-order valence-electron chi connectivity index (χ4n) is 1.69. The van der Waals surface area contributed by atoms with Gasteiger partial charge in [-0.15, -0.1) is 0 Å². The monoisotopic (exact) mass is 359 g/mol. The van der Waals surface area contributed by atoms with E-state index in [9.17, 15) is 0 Å². The molecule has 2 aromatic rings. The predicted octanol–water partition coefficient (Wildman–Crippen LogP) is 5.35. The van der Waals surface area contributed by atoms with E-state index in [1.165, 1.54) is 0 Å². The summed E-state index contributed by atoms with van der Waals surface area (Å²) in [5.74, 6) is 0.809. The van der Waals surface area contributed by atoms with E-state index in [4.69, 9.17) is 27.9 Å². The average Bonchev–Trinajstić information content (AvgIpc) is 2.34. The standard InChI is InChI=1S/C14H12BrCl2NO/c1-8-3-11(4-9(2)14(8)15)19-7-10-6-18-13(17)5-12(10)16/h3-6H,7H2,1-2H3. The number of rotatable bonds is 3. The molecule has 1 aromatic heterocycles. The van der Waals surface area contributed by atoms with E-state index in [1.807, 2.05) is 26.0 Å². The van der Waals surface area contributed by atoms with Crippen LogP contribution in [0.25, 0.3) is 0 Å². The second kappa shape index (κ2) is 6.12. The highest BCUT2D eigenvalue weighted by Crippen LogP contribution is 2.27. The fourth-order valence-corrected chi connectivity index (χ4v) is 2.34. The maximum Gasteiger partial charge on any atom is 0.130 e. The minimum atomic E-state index is 0.365. The molecule has 1 aromatic carbocycles. The van der Waals surface area contributed by atoms with E-state index in [1.54, 1.807) is 12.3 Å². The number of benzene rings is 1. The molecule has 0 aliphatic carbocycles. The van der Waals surface area contributed by atoms with Crippen molar-refractivity contribution < 1.29 is 4.74 Å². The summed E-state index contributed by atoms with van der Waals surface area (Å²) in [7, 11) is 0. The Kier molecular flexibility index (Phi) is 4.71. The Morgan fingerprint density at radius 2 is 1.79 bits per heavy atom. The van der Waals surface area contributed by atoms with Crippen LogP contribution in [0.2, 0.25) is 10.2 Å². The number of nitrogens with zero attached hydrogens (tertiary/aromatic N) is 1. The van der Waals surface area contributed by atoms with E-state index in [2.05, 4.69) is 20.9 Å². The van der Waals surface area contributed by atoms with Crippen molar-refractivity contribution in [2.45, 2.75) is 20.5 Å². The van der Waals surface area contributed by atoms with Crippen molar-refractivity contribution in [1.82, 2.24) is 4.98 Å². The molecule has 0 bridgehead atoms. The summed E-state index contributed by atoms with van der Waals surface area (Å²) in [5.41, 5.74) is 3.08. The van der Waals surface area contributed by atoms with Crippen LogP contribution in [0.5, 0.6) is 5.75 Å². The molecule has 0 fully saturated rings. The lowest BCUT2D eigenvalue weighted by molar-refractivity contribution is 0.305. The molecule has 0 spiro atoms. The minimum absolute atomic E-state index is 0.365. The molecule has 1 heterocycles. The highest BCUT2D eigenvalue weighted by molar-refractivity contribution is 9.10. The molecule has 0 unspecified atom stereocenters. The second-order valence-corrected chi connectivity index (χ2v) is 5.85. The van der Waals surface area contributed by atoms with Crippen LogP contribution in [0.1, 0.15) is 16.7 Å². The predicted molar refractivity (Wildman–Crippen MR) is 82.2 cm³/mol. The number of hydrogen-bond donors (Lipinski definition) is 0. The first kappa shape index (κ1) is 14.6. The van der Waals surface area contributed by atoms with Crippen molar-refractivity contribution in [3.63, 3.8) is 0 Å². The molecule has 5 heteroatoms. The summed E-state index contributed by atoms with van der Waals surface area (Å²) in [5, 5.41) is 0.939. The lowest BCUT2D eigenvalue weighted by atomic mass is 10.1. The SMILES string of the molecule is Cc1cc(OCc2cnc(Cl)cc2Cl)cc(C)c1Br. The van der Waals surface area contributed by atoms with Gasteiger partial charge >= 0.3 is 0 Å². The molecule has 0 N–H and O–H groups in total. The van der Waals surface area contributed by atoms with Crippen LogP contribution >= 0.6 is 39.1 Å². The van der Waals surface area contributed by atoms with Gasteiger partial charge in [0, 0.05) is 16.2 Å². The molecule has 0 atom stereocenters. The van der Waals surface area contributed by atoms with E-state index in [0.717, 1.165) is 26.9 Å². The van der Waals surface area contributed by atoms with Gasteiger partial charge in [0.05, 0.1) is 5.02 Å². The first-order valence-corrected chi connectivity index (χ1v) is 7.21. The van der Waals surface area contributed by atoms with Crippen molar-refractivity contribution in [2.75, 3.05) is 0 Å². The first-order chi connectivity index (χ1) is 8.97. The Labute approximate surface area is 130 Å². The Balaban J connectivity index is 2.14. The highest BCUT2D eigenvalue weighted by Gasteiger charge is 2.06. The number of aryl methyl sites for hydroxylation is 2. The molecule has 0 aliphatic rings. The molecule has 0 saturated heterocycles.